The molecule has 4 nitrogen and oxygen atoms in total. The lowest BCUT2D eigenvalue weighted by Gasteiger charge is -2.22. The summed E-state index contributed by atoms with van der Waals surface area (Å²) in [4.78, 5) is 16.5. The first-order valence-corrected chi connectivity index (χ1v) is 9.26. The van der Waals surface area contributed by atoms with E-state index in [0.717, 1.165) is 35.8 Å². The number of carbonyl (C=O) groups excluding carboxylic acids is 1. The molecule has 1 aliphatic rings. The minimum absolute atomic E-state index is 0.00476. The van der Waals surface area contributed by atoms with E-state index >= 15 is 0 Å². The van der Waals surface area contributed by atoms with E-state index in [4.69, 9.17) is 0 Å². The van der Waals surface area contributed by atoms with E-state index in [2.05, 4.69) is 15.6 Å². The smallest absolute Gasteiger partial charge is 0.226 e. The first kappa shape index (κ1) is 17.0. The van der Waals surface area contributed by atoms with Crippen LogP contribution < -0.4 is 10.6 Å². The molecular weight excluding hydrogens is 325 g/mol. The third kappa shape index (κ3) is 4.85. The van der Waals surface area contributed by atoms with Gasteiger partial charge in [-0.15, -0.1) is 11.3 Å². The number of hydrogen-bond donors (Lipinski definition) is 2. The predicted molar refractivity (Wildman–Crippen MR) is 94.4 cm³/mol. The summed E-state index contributed by atoms with van der Waals surface area (Å²) in [5.41, 5.74) is 1.48. The highest BCUT2D eigenvalue weighted by atomic mass is 32.1. The van der Waals surface area contributed by atoms with Crippen molar-refractivity contribution >= 4 is 17.2 Å². The van der Waals surface area contributed by atoms with Gasteiger partial charge in [0.05, 0.1) is 12.1 Å². The molecule has 1 aromatic carbocycles. The quantitative estimate of drug-likeness (QED) is 0.845. The molecule has 0 radical (unpaired) electrons. The molecule has 1 fully saturated rings. The number of thiazole rings is 1. The summed E-state index contributed by atoms with van der Waals surface area (Å²) in [6.45, 7) is 2.88. The summed E-state index contributed by atoms with van der Waals surface area (Å²) in [6, 6.07) is 6.36. The van der Waals surface area contributed by atoms with E-state index in [0.29, 0.717) is 12.5 Å². The van der Waals surface area contributed by atoms with Gasteiger partial charge in [0.1, 0.15) is 10.8 Å². The van der Waals surface area contributed by atoms with Crippen LogP contribution in [0.2, 0.25) is 0 Å². The molecule has 128 valence electrons. The van der Waals surface area contributed by atoms with Crippen molar-refractivity contribution in [1.82, 2.24) is 15.6 Å². The van der Waals surface area contributed by atoms with E-state index < -0.39 is 0 Å². The topological polar surface area (TPSA) is 54.0 Å². The molecule has 24 heavy (non-hydrogen) atoms. The van der Waals surface area contributed by atoms with Gasteiger partial charge in [-0.3, -0.25) is 4.79 Å². The van der Waals surface area contributed by atoms with Crippen molar-refractivity contribution in [2.45, 2.75) is 25.7 Å². The van der Waals surface area contributed by atoms with Crippen molar-refractivity contribution < 1.29 is 9.18 Å². The zero-order valence-corrected chi connectivity index (χ0v) is 14.4. The highest BCUT2D eigenvalue weighted by molar-refractivity contribution is 7.13. The number of aromatic nitrogens is 1. The zero-order valence-electron chi connectivity index (χ0n) is 13.6. The summed E-state index contributed by atoms with van der Waals surface area (Å²) < 4.78 is 13.3. The molecule has 6 heteroatoms. The zero-order chi connectivity index (χ0) is 16.8. The second kappa shape index (κ2) is 8.35. The van der Waals surface area contributed by atoms with Crippen LogP contribution in [0.4, 0.5) is 4.39 Å². The van der Waals surface area contributed by atoms with Crippen LogP contribution in [0.15, 0.2) is 29.6 Å². The first-order valence-electron chi connectivity index (χ1n) is 8.38. The number of piperidine rings is 1. The highest BCUT2D eigenvalue weighted by Gasteiger charge is 2.13. The molecule has 0 saturated carbocycles. The van der Waals surface area contributed by atoms with Crippen LogP contribution in [0.1, 0.15) is 25.0 Å². The fourth-order valence-electron chi connectivity index (χ4n) is 2.96. The minimum Gasteiger partial charge on any atom is -0.356 e. The van der Waals surface area contributed by atoms with Gasteiger partial charge < -0.3 is 10.6 Å². The number of carbonyl (C=O) groups is 1. The molecule has 1 aliphatic heterocycles. The average molecular weight is 347 g/mol. The Bertz CT molecular complexity index is 682. The number of hydrogen-bond acceptors (Lipinski definition) is 4. The van der Waals surface area contributed by atoms with E-state index in [1.807, 2.05) is 11.4 Å². The third-order valence-corrected chi connectivity index (χ3v) is 5.18. The Morgan fingerprint density at radius 2 is 2.38 bits per heavy atom. The third-order valence-electron chi connectivity index (χ3n) is 4.24. The van der Waals surface area contributed by atoms with Gasteiger partial charge >= 0.3 is 0 Å². The van der Waals surface area contributed by atoms with Crippen LogP contribution in [-0.2, 0) is 11.2 Å². The monoisotopic (exact) mass is 347 g/mol. The average Bonchev–Trinajstić information content (AvgIpc) is 3.04. The Morgan fingerprint density at radius 1 is 1.46 bits per heavy atom. The molecule has 2 heterocycles. The molecule has 1 unspecified atom stereocenters. The molecule has 2 aromatic rings. The van der Waals surface area contributed by atoms with Crippen molar-refractivity contribution in [3.05, 3.63) is 41.2 Å². The van der Waals surface area contributed by atoms with Crippen LogP contribution in [0, 0.1) is 11.7 Å². The van der Waals surface area contributed by atoms with Crippen molar-refractivity contribution in [1.29, 1.82) is 0 Å². The summed E-state index contributed by atoms with van der Waals surface area (Å²) in [6.07, 6.45) is 3.76. The first-order chi connectivity index (χ1) is 11.7. The van der Waals surface area contributed by atoms with Crippen molar-refractivity contribution in [3.8, 4) is 10.6 Å². The number of nitrogens with one attached hydrogen (secondary N) is 2. The molecule has 1 aromatic heterocycles. The Morgan fingerprint density at radius 3 is 3.17 bits per heavy atom. The predicted octanol–water partition coefficient (Wildman–Crippen LogP) is 3.00. The van der Waals surface area contributed by atoms with E-state index in [-0.39, 0.29) is 18.1 Å². The molecule has 2 N–H and O–H groups in total. The van der Waals surface area contributed by atoms with Crippen LogP contribution in [0.25, 0.3) is 10.6 Å². The van der Waals surface area contributed by atoms with Gasteiger partial charge in [-0.25, -0.2) is 9.37 Å². The van der Waals surface area contributed by atoms with E-state index in [1.54, 1.807) is 6.07 Å². The number of halogens is 1. The highest BCUT2D eigenvalue weighted by Crippen LogP contribution is 2.24. The van der Waals surface area contributed by atoms with Gasteiger partial charge in [0.25, 0.3) is 0 Å². The largest absolute Gasteiger partial charge is 0.356 e. The van der Waals surface area contributed by atoms with E-state index in [1.165, 1.54) is 36.3 Å². The Labute approximate surface area is 145 Å². The normalized spacial score (nSPS) is 17.6. The van der Waals surface area contributed by atoms with Crippen LogP contribution >= 0.6 is 11.3 Å². The number of nitrogens with zero attached hydrogens (tertiary/aromatic N) is 1. The molecule has 3 rings (SSSR count). The molecule has 1 atom stereocenters. The Balaban J connectivity index is 1.46. The van der Waals surface area contributed by atoms with Gasteiger partial charge in [0.2, 0.25) is 5.91 Å². The summed E-state index contributed by atoms with van der Waals surface area (Å²) in [5, 5.41) is 8.97. The van der Waals surface area contributed by atoms with Gasteiger partial charge in [0.15, 0.2) is 0 Å². The number of amides is 1. The maximum absolute atomic E-state index is 13.3. The lowest BCUT2D eigenvalue weighted by atomic mass is 9.96. The SMILES string of the molecule is O=C(Cc1csc(-c2cccc(F)c2)n1)NCCC1CCCNC1. The maximum atomic E-state index is 13.3. The van der Waals surface area contributed by atoms with Crippen LogP contribution in [0.5, 0.6) is 0 Å². The summed E-state index contributed by atoms with van der Waals surface area (Å²) in [7, 11) is 0. The summed E-state index contributed by atoms with van der Waals surface area (Å²) in [5.74, 6) is 0.381. The summed E-state index contributed by atoms with van der Waals surface area (Å²) >= 11 is 1.43. The van der Waals surface area contributed by atoms with Gasteiger partial charge in [-0.2, -0.15) is 0 Å². The van der Waals surface area contributed by atoms with Crippen LogP contribution in [-0.4, -0.2) is 30.5 Å². The van der Waals surface area contributed by atoms with Gasteiger partial charge in [-0.05, 0) is 50.4 Å². The molecule has 1 saturated heterocycles. The lowest BCUT2D eigenvalue weighted by molar-refractivity contribution is -0.120. The maximum Gasteiger partial charge on any atom is 0.226 e. The van der Waals surface area contributed by atoms with Gasteiger partial charge in [0, 0.05) is 17.5 Å². The second-order valence-corrected chi connectivity index (χ2v) is 7.04. The van der Waals surface area contributed by atoms with Crippen LogP contribution in [0.3, 0.4) is 0 Å². The molecule has 1 amide bonds. The fourth-order valence-corrected chi connectivity index (χ4v) is 3.77. The van der Waals surface area contributed by atoms with Crippen molar-refractivity contribution in [2.24, 2.45) is 5.92 Å². The molecule has 0 spiro atoms. The Hall–Kier alpha value is -1.79. The van der Waals surface area contributed by atoms with Crippen molar-refractivity contribution in [2.75, 3.05) is 19.6 Å². The second-order valence-electron chi connectivity index (χ2n) is 6.18. The van der Waals surface area contributed by atoms with E-state index in [9.17, 15) is 9.18 Å². The van der Waals surface area contributed by atoms with Crippen molar-refractivity contribution in [3.63, 3.8) is 0 Å². The Kier molecular flexibility index (Phi) is 5.93. The standard InChI is InChI=1S/C18H22FN3OS/c19-15-5-1-4-14(9-15)18-22-16(12-24-18)10-17(23)21-8-6-13-3-2-7-20-11-13/h1,4-5,9,12-13,20H,2-3,6-8,10-11H2,(H,21,23). The molecule has 0 aliphatic carbocycles. The lowest BCUT2D eigenvalue weighted by Crippen LogP contribution is -2.33. The van der Waals surface area contributed by atoms with Gasteiger partial charge in [-0.1, -0.05) is 12.1 Å². The fraction of sp³-hybridized carbons (Fsp3) is 0.444. The number of benzene rings is 1. The molecular formula is C18H22FN3OS. The number of rotatable bonds is 6. The minimum atomic E-state index is -0.279. The molecule has 0 bridgehead atoms.